The molecule has 10 heteroatoms. The Morgan fingerprint density at radius 1 is 1.00 bits per heavy atom. The fourth-order valence-electron chi connectivity index (χ4n) is 2.69. The minimum absolute atomic E-state index is 0. The Hall–Kier alpha value is -2.81. The van der Waals surface area contributed by atoms with Gasteiger partial charge in [-0.1, -0.05) is 17.9 Å². The second kappa shape index (κ2) is 12.9. The van der Waals surface area contributed by atoms with E-state index in [-0.39, 0.29) is 36.1 Å². The van der Waals surface area contributed by atoms with Crippen molar-refractivity contribution in [2.75, 3.05) is 34.9 Å². The maximum Gasteiger partial charge on any atom is 0.416 e. The smallest absolute Gasteiger partial charge is 0.416 e. The highest BCUT2D eigenvalue weighted by atomic mass is 127. The molecule has 0 fully saturated rings. The van der Waals surface area contributed by atoms with E-state index in [0.29, 0.717) is 29.8 Å². The molecule has 0 saturated heterocycles. The van der Waals surface area contributed by atoms with Gasteiger partial charge in [0.05, 0.1) is 33.4 Å². The number of aliphatic imine (C=N–C) groups is 1. The number of hydrogen-bond donors (Lipinski definition) is 2. The van der Waals surface area contributed by atoms with Gasteiger partial charge < -0.3 is 24.8 Å². The van der Waals surface area contributed by atoms with Crippen LogP contribution in [0.15, 0.2) is 41.4 Å². The molecule has 0 unspecified atom stereocenters. The fourth-order valence-corrected chi connectivity index (χ4v) is 2.69. The number of methoxy groups -OCH3 is 3. The van der Waals surface area contributed by atoms with Crippen LogP contribution >= 0.6 is 24.0 Å². The normalized spacial score (nSPS) is 10.9. The molecule has 2 N–H and O–H groups in total. The summed E-state index contributed by atoms with van der Waals surface area (Å²) in [7, 11) is 6.21. The molecule has 174 valence electrons. The number of nitrogens with one attached hydrogen (secondary N) is 2. The summed E-state index contributed by atoms with van der Waals surface area (Å²) in [6, 6.07) is 8.52. The van der Waals surface area contributed by atoms with Crippen molar-refractivity contribution in [2.24, 2.45) is 4.99 Å². The van der Waals surface area contributed by atoms with Crippen LogP contribution in [0.2, 0.25) is 0 Å². The first-order valence-electron chi connectivity index (χ1n) is 9.22. The van der Waals surface area contributed by atoms with Crippen molar-refractivity contribution >= 4 is 29.9 Å². The number of ether oxygens (including phenoxy) is 3. The second-order valence-electron chi connectivity index (χ2n) is 6.19. The van der Waals surface area contributed by atoms with E-state index >= 15 is 0 Å². The molecule has 32 heavy (non-hydrogen) atoms. The van der Waals surface area contributed by atoms with Crippen LogP contribution in [0.3, 0.4) is 0 Å². The predicted molar refractivity (Wildman–Crippen MR) is 128 cm³/mol. The molecule has 0 aliphatic rings. The molecule has 6 nitrogen and oxygen atoms in total. The van der Waals surface area contributed by atoms with Crippen LogP contribution < -0.4 is 24.8 Å². The van der Waals surface area contributed by atoms with Crippen LogP contribution in [-0.4, -0.2) is 40.9 Å². The summed E-state index contributed by atoms with van der Waals surface area (Å²) in [4.78, 5) is 4.10. The van der Waals surface area contributed by atoms with Crippen molar-refractivity contribution in [3.8, 4) is 29.1 Å². The zero-order valence-corrected chi connectivity index (χ0v) is 20.4. The Bertz CT molecular complexity index is 961. The van der Waals surface area contributed by atoms with Crippen LogP contribution in [0, 0.1) is 11.8 Å². The average molecular weight is 563 g/mol. The molecule has 0 amide bonds. The van der Waals surface area contributed by atoms with E-state index in [9.17, 15) is 13.2 Å². The Morgan fingerprint density at radius 2 is 1.66 bits per heavy atom. The molecule has 0 radical (unpaired) electrons. The van der Waals surface area contributed by atoms with Gasteiger partial charge in [0.2, 0.25) is 5.75 Å². The summed E-state index contributed by atoms with van der Waals surface area (Å²) in [5, 5.41) is 6.11. The van der Waals surface area contributed by atoms with Crippen LogP contribution in [0.4, 0.5) is 13.2 Å². The van der Waals surface area contributed by atoms with Crippen LogP contribution in [0.5, 0.6) is 17.2 Å². The maximum absolute atomic E-state index is 12.8. The molecule has 0 saturated carbocycles. The Labute approximate surface area is 202 Å². The molecule has 2 aromatic rings. The largest absolute Gasteiger partial charge is 0.493 e. The molecule has 0 spiro atoms. The van der Waals surface area contributed by atoms with E-state index in [4.69, 9.17) is 14.2 Å². The zero-order chi connectivity index (χ0) is 22.9. The highest BCUT2D eigenvalue weighted by Crippen LogP contribution is 2.38. The minimum atomic E-state index is -4.39. The van der Waals surface area contributed by atoms with Gasteiger partial charge in [-0.2, -0.15) is 13.2 Å². The van der Waals surface area contributed by atoms with Crippen LogP contribution in [0.25, 0.3) is 0 Å². The van der Waals surface area contributed by atoms with Gasteiger partial charge in [-0.15, -0.1) is 24.0 Å². The molecule has 0 heterocycles. The quantitative estimate of drug-likeness (QED) is 0.240. The number of alkyl halides is 3. The number of guanidine groups is 1. The van der Waals surface area contributed by atoms with E-state index in [1.54, 1.807) is 7.05 Å². The fraction of sp³-hybridized carbons (Fsp3) is 0.318. The Kier molecular flexibility index (Phi) is 11.0. The van der Waals surface area contributed by atoms with Crippen molar-refractivity contribution in [3.63, 3.8) is 0 Å². The number of hydrogen-bond acceptors (Lipinski definition) is 4. The number of halogens is 4. The Balaban J connectivity index is 0.00000512. The lowest BCUT2D eigenvalue weighted by molar-refractivity contribution is -0.137. The summed E-state index contributed by atoms with van der Waals surface area (Å²) < 4.78 is 54.3. The molecule has 0 bridgehead atoms. The standard InChI is InChI=1S/C22H24F3N3O3.HI/c1-26-21(27-10-6-8-15-7-5-9-17(11-15)22(23,24)25)28-14-16-12-18(29-2)20(31-4)19(13-16)30-3;/h5,7,9,11-13H,10,14H2,1-4H3,(H2,26,27,28);1H. The molecule has 2 aromatic carbocycles. The number of benzene rings is 2. The predicted octanol–water partition coefficient (Wildman–Crippen LogP) is 4.07. The van der Waals surface area contributed by atoms with Gasteiger partial charge in [0.25, 0.3) is 0 Å². The minimum Gasteiger partial charge on any atom is -0.493 e. The lowest BCUT2D eigenvalue weighted by atomic mass is 10.1. The first-order chi connectivity index (χ1) is 14.8. The molecule has 0 aromatic heterocycles. The van der Waals surface area contributed by atoms with Gasteiger partial charge in [-0.25, -0.2) is 0 Å². The maximum atomic E-state index is 12.8. The lowest BCUT2D eigenvalue weighted by Crippen LogP contribution is -2.36. The summed E-state index contributed by atoms with van der Waals surface area (Å²) in [6.45, 7) is 0.614. The van der Waals surface area contributed by atoms with E-state index < -0.39 is 11.7 Å². The molecule has 0 atom stereocenters. The van der Waals surface area contributed by atoms with E-state index in [0.717, 1.165) is 17.7 Å². The third-order valence-corrected chi connectivity index (χ3v) is 4.17. The summed E-state index contributed by atoms with van der Waals surface area (Å²) in [6.07, 6.45) is -4.39. The zero-order valence-electron chi connectivity index (χ0n) is 18.1. The average Bonchev–Trinajstić information content (AvgIpc) is 2.77. The van der Waals surface area contributed by atoms with Crippen molar-refractivity contribution in [1.29, 1.82) is 0 Å². The number of rotatable bonds is 6. The van der Waals surface area contributed by atoms with Gasteiger partial charge in [0.15, 0.2) is 17.5 Å². The molecular formula is C22H25F3IN3O3. The Morgan fingerprint density at radius 3 is 2.19 bits per heavy atom. The SMILES string of the molecule is CN=C(NCC#Cc1cccc(C(F)(F)F)c1)NCc1cc(OC)c(OC)c(OC)c1.I. The molecule has 0 aliphatic heterocycles. The van der Waals surface area contributed by atoms with E-state index in [2.05, 4.69) is 27.5 Å². The topological polar surface area (TPSA) is 64.1 Å². The van der Waals surface area contributed by atoms with Crippen LogP contribution in [0.1, 0.15) is 16.7 Å². The monoisotopic (exact) mass is 563 g/mol. The van der Waals surface area contributed by atoms with Crippen molar-refractivity contribution in [2.45, 2.75) is 12.7 Å². The van der Waals surface area contributed by atoms with Crippen molar-refractivity contribution < 1.29 is 27.4 Å². The summed E-state index contributed by atoms with van der Waals surface area (Å²) in [5.41, 5.74) is 0.430. The van der Waals surface area contributed by atoms with E-state index in [1.807, 2.05) is 12.1 Å². The molecule has 2 rings (SSSR count). The van der Waals surface area contributed by atoms with Gasteiger partial charge in [-0.3, -0.25) is 4.99 Å². The van der Waals surface area contributed by atoms with E-state index in [1.165, 1.54) is 33.5 Å². The summed E-state index contributed by atoms with van der Waals surface area (Å²) >= 11 is 0. The van der Waals surface area contributed by atoms with Gasteiger partial charge in [-0.05, 0) is 35.9 Å². The number of nitrogens with zero attached hydrogens (tertiary/aromatic N) is 1. The third kappa shape index (κ3) is 7.71. The highest BCUT2D eigenvalue weighted by molar-refractivity contribution is 14.0. The first kappa shape index (κ1) is 27.2. The first-order valence-corrected chi connectivity index (χ1v) is 9.22. The van der Waals surface area contributed by atoms with Crippen molar-refractivity contribution in [1.82, 2.24) is 10.6 Å². The van der Waals surface area contributed by atoms with Crippen molar-refractivity contribution in [3.05, 3.63) is 53.1 Å². The molecule has 0 aliphatic carbocycles. The third-order valence-electron chi connectivity index (χ3n) is 4.17. The van der Waals surface area contributed by atoms with Gasteiger partial charge in [0, 0.05) is 19.2 Å². The molecular weight excluding hydrogens is 538 g/mol. The lowest BCUT2D eigenvalue weighted by Gasteiger charge is -2.15. The second-order valence-corrected chi connectivity index (χ2v) is 6.19. The van der Waals surface area contributed by atoms with Gasteiger partial charge >= 0.3 is 6.18 Å². The summed E-state index contributed by atoms with van der Waals surface area (Å²) in [5.74, 6) is 7.55. The van der Waals surface area contributed by atoms with Crippen LogP contribution in [-0.2, 0) is 12.7 Å². The highest BCUT2D eigenvalue weighted by Gasteiger charge is 2.30. The van der Waals surface area contributed by atoms with Gasteiger partial charge in [0.1, 0.15) is 0 Å².